The van der Waals surface area contributed by atoms with Crippen molar-refractivity contribution >= 4 is 10.9 Å². The third-order valence-corrected chi connectivity index (χ3v) is 5.11. The van der Waals surface area contributed by atoms with Gasteiger partial charge in [-0.1, -0.05) is 31.4 Å². The summed E-state index contributed by atoms with van der Waals surface area (Å²) < 4.78 is 13.7. The summed E-state index contributed by atoms with van der Waals surface area (Å²) in [7, 11) is 1.74. The van der Waals surface area contributed by atoms with Crippen LogP contribution < -0.4 is 4.74 Å². The topological polar surface area (TPSA) is 40.2 Å². The highest BCUT2D eigenvalue weighted by Gasteiger charge is 2.20. The molecule has 1 aliphatic rings. The Morgan fingerprint density at radius 3 is 2.79 bits per heavy atom. The Morgan fingerprint density at radius 1 is 1.25 bits per heavy atom. The molecule has 126 valence electrons. The normalized spacial score (nSPS) is 15.9. The molecular formula is C20H24N2O2. The molecule has 2 heterocycles. The molecule has 0 aliphatic heterocycles. The lowest BCUT2D eigenvalue weighted by molar-refractivity contribution is 0.321. The lowest BCUT2D eigenvalue weighted by Crippen LogP contribution is -2.13. The predicted octanol–water partition coefficient (Wildman–Crippen LogP) is 5.19. The molecule has 3 aromatic rings. The standard InChI is InChI=1S/C20H24N2O2/c1-14-13-24-20(21-14)17-12-22(11-15-7-4-3-5-8-15)19-16(17)9-6-10-18(19)23-2/h6,9-10,12-13,15H,3-5,7-8,11H2,1-2H3. The van der Waals surface area contributed by atoms with Crippen LogP contribution in [0.5, 0.6) is 5.75 Å². The number of methoxy groups -OCH3 is 1. The van der Waals surface area contributed by atoms with Gasteiger partial charge in [0.1, 0.15) is 12.0 Å². The van der Waals surface area contributed by atoms with E-state index in [1.54, 1.807) is 13.4 Å². The van der Waals surface area contributed by atoms with Crippen LogP contribution in [-0.4, -0.2) is 16.7 Å². The number of ether oxygens (including phenoxy) is 1. The molecule has 4 rings (SSSR count). The minimum Gasteiger partial charge on any atom is -0.495 e. The molecule has 1 saturated carbocycles. The Kier molecular flexibility index (Phi) is 4.05. The van der Waals surface area contributed by atoms with E-state index >= 15 is 0 Å². The highest BCUT2D eigenvalue weighted by Crippen LogP contribution is 2.37. The van der Waals surface area contributed by atoms with Crippen molar-refractivity contribution in [3.8, 4) is 17.2 Å². The average Bonchev–Trinajstić information content (AvgIpc) is 3.20. The molecule has 0 radical (unpaired) electrons. The quantitative estimate of drug-likeness (QED) is 0.663. The highest BCUT2D eigenvalue weighted by molar-refractivity contribution is 5.97. The van der Waals surface area contributed by atoms with Crippen molar-refractivity contribution in [1.82, 2.24) is 9.55 Å². The van der Waals surface area contributed by atoms with E-state index in [-0.39, 0.29) is 0 Å². The van der Waals surface area contributed by atoms with Crippen LogP contribution >= 0.6 is 0 Å². The van der Waals surface area contributed by atoms with E-state index in [1.807, 2.05) is 19.1 Å². The van der Waals surface area contributed by atoms with Crippen LogP contribution in [0.1, 0.15) is 37.8 Å². The predicted molar refractivity (Wildman–Crippen MR) is 95.3 cm³/mol. The van der Waals surface area contributed by atoms with E-state index in [2.05, 4.69) is 21.8 Å². The second-order valence-corrected chi connectivity index (χ2v) is 6.85. The summed E-state index contributed by atoms with van der Waals surface area (Å²) in [6, 6.07) is 6.19. The van der Waals surface area contributed by atoms with E-state index in [0.29, 0.717) is 5.89 Å². The Morgan fingerprint density at radius 2 is 2.08 bits per heavy atom. The molecule has 24 heavy (non-hydrogen) atoms. The van der Waals surface area contributed by atoms with Gasteiger partial charge in [-0.05, 0) is 31.7 Å². The van der Waals surface area contributed by atoms with Crippen molar-refractivity contribution in [2.45, 2.75) is 45.6 Å². The molecule has 0 unspecified atom stereocenters. The van der Waals surface area contributed by atoms with Crippen LogP contribution in [0.4, 0.5) is 0 Å². The van der Waals surface area contributed by atoms with Gasteiger partial charge in [0.25, 0.3) is 0 Å². The zero-order chi connectivity index (χ0) is 16.5. The van der Waals surface area contributed by atoms with E-state index < -0.39 is 0 Å². The average molecular weight is 324 g/mol. The largest absolute Gasteiger partial charge is 0.495 e. The molecule has 0 bridgehead atoms. The van der Waals surface area contributed by atoms with Gasteiger partial charge in [-0.2, -0.15) is 0 Å². The van der Waals surface area contributed by atoms with Gasteiger partial charge in [-0.3, -0.25) is 0 Å². The Labute approximate surface area is 142 Å². The Bertz CT molecular complexity index is 841. The van der Waals surface area contributed by atoms with Crippen LogP contribution in [0, 0.1) is 12.8 Å². The van der Waals surface area contributed by atoms with Gasteiger partial charge in [-0.25, -0.2) is 4.98 Å². The van der Waals surface area contributed by atoms with Gasteiger partial charge in [0.15, 0.2) is 0 Å². The third kappa shape index (κ3) is 2.70. The Hall–Kier alpha value is -2.23. The molecule has 0 atom stereocenters. The zero-order valence-corrected chi connectivity index (χ0v) is 14.4. The van der Waals surface area contributed by atoms with Crippen molar-refractivity contribution in [3.63, 3.8) is 0 Å². The van der Waals surface area contributed by atoms with Gasteiger partial charge in [0.05, 0.1) is 23.9 Å². The number of fused-ring (bicyclic) bond motifs is 1. The maximum atomic E-state index is 5.67. The molecule has 0 spiro atoms. The summed E-state index contributed by atoms with van der Waals surface area (Å²) in [5.41, 5.74) is 3.10. The molecule has 0 amide bonds. The smallest absolute Gasteiger partial charge is 0.228 e. The van der Waals surface area contributed by atoms with Crippen molar-refractivity contribution in [2.75, 3.05) is 7.11 Å². The number of oxazole rings is 1. The van der Waals surface area contributed by atoms with Gasteiger partial charge >= 0.3 is 0 Å². The SMILES string of the molecule is COc1cccc2c(-c3nc(C)co3)cn(CC3CCCCC3)c12. The fraction of sp³-hybridized carbons (Fsp3) is 0.450. The van der Waals surface area contributed by atoms with Gasteiger partial charge in [-0.15, -0.1) is 0 Å². The number of aromatic nitrogens is 2. The summed E-state index contributed by atoms with van der Waals surface area (Å²) in [4.78, 5) is 4.53. The first-order chi connectivity index (χ1) is 11.8. The molecule has 0 N–H and O–H groups in total. The van der Waals surface area contributed by atoms with Gasteiger partial charge in [0, 0.05) is 18.1 Å². The van der Waals surface area contributed by atoms with E-state index in [0.717, 1.165) is 40.4 Å². The molecule has 1 aromatic carbocycles. The number of rotatable bonds is 4. The number of benzene rings is 1. The maximum Gasteiger partial charge on any atom is 0.228 e. The second kappa shape index (κ2) is 6.34. The number of hydrogen-bond acceptors (Lipinski definition) is 3. The summed E-state index contributed by atoms with van der Waals surface area (Å²) in [6.07, 6.45) is 10.6. The van der Waals surface area contributed by atoms with Crippen molar-refractivity contribution in [2.24, 2.45) is 5.92 Å². The number of aryl methyl sites for hydroxylation is 1. The number of para-hydroxylation sites is 1. The Balaban J connectivity index is 1.82. The minimum atomic E-state index is 0.688. The van der Waals surface area contributed by atoms with Crippen molar-refractivity contribution in [3.05, 3.63) is 36.4 Å². The van der Waals surface area contributed by atoms with Crippen LogP contribution in [0.15, 0.2) is 35.1 Å². The first-order valence-electron chi connectivity index (χ1n) is 8.84. The first kappa shape index (κ1) is 15.3. The molecule has 0 saturated heterocycles. The lowest BCUT2D eigenvalue weighted by atomic mass is 9.89. The lowest BCUT2D eigenvalue weighted by Gasteiger charge is -2.22. The van der Waals surface area contributed by atoms with Crippen LogP contribution in [-0.2, 0) is 6.54 Å². The molecule has 4 heteroatoms. The van der Waals surface area contributed by atoms with E-state index in [1.165, 1.54) is 32.1 Å². The van der Waals surface area contributed by atoms with Gasteiger partial charge in [0.2, 0.25) is 5.89 Å². The summed E-state index contributed by atoms with van der Waals surface area (Å²) in [6.45, 7) is 2.99. The molecule has 2 aromatic heterocycles. The minimum absolute atomic E-state index is 0.688. The molecule has 1 aliphatic carbocycles. The fourth-order valence-corrected chi connectivity index (χ4v) is 3.93. The second-order valence-electron chi connectivity index (χ2n) is 6.85. The third-order valence-electron chi connectivity index (χ3n) is 5.11. The van der Waals surface area contributed by atoms with E-state index in [4.69, 9.17) is 9.15 Å². The molecular weight excluding hydrogens is 300 g/mol. The highest BCUT2D eigenvalue weighted by atomic mass is 16.5. The number of nitrogens with zero attached hydrogens (tertiary/aromatic N) is 2. The monoisotopic (exact) mass is 324 g/mol. The maximum absolute atomic E-state index is 5.67. The van der Waals surface area contributed by atoms with Gasteiger partial charge < -0.3 is 13.7 Å². The number of hydrogen-bond donors (Lipinski definition) is 0. The van der Waals surface area contributed by atoms with Crippen LogP contribution in [0.3, 0.4) is 0 Å². The molecule has 1 fully saturated rings. The van der Waals surface area contributed by atoms with Crippen molar-refractivity contribution in [1.29, 1.82) is 0 Å². The summed E-state index contributed by atoms with van der Waals surface area (Å²) in [5.74, 6) is 2.35. The molecule has 4 nitrogen and oxygen atoms in total. The van der Waals surface area contributed by atoms with Crippen LogP contribution in [0.2, 0.25) is 0 Å². The first-order valence-corrected chi connectivity index (χ1v) is 8.84. The summed E-state index contributed by atoms with van der Waals surface area (Å²) >= 11 is 0. The summed E-state index contributed by atoms with van der Waals surface area (Å²) in [5, 5.41) is 1.15. The van der Waals surface area contributed by atoms with E-state index in [9.17, 15) is 0 Å². The zero-order valence-electron chi connectivity index (χ0n) is 14.4. The van der Waals surface area contributed by atoms with Crippen LogP contribution in [0.25, 0.3) is 22.4 Å². The van der Waals surface area contributed by atoms with Crippen molar-refractivity contribution < 1.29 is 9.15 Å². The fourth-order valence-electron chi connectivity index (χ4n) is 3.93.